The molecule has 0 saturated carbocycles. The molecule has 0 saturated heterocycles. The van der Waals surface area contributed by atoms with Crippen molar-refractivity contribution in [3.63, 3.8) is 0 Å². The Kier molecular flexibility index (Phi) is 6.20. The van der Waals surface area contributed by atoms with Crippen LogP contribution in [0.3, 0.4) is 0 Å². The van der Waals surface area contributed by atoms with Gasteiger partial charge >= 0.3 is 18.2 Å². The molecule has 0 aromatic heterocycles. The van der Waals surface area contributed by atoms with E-state index in [4.69, 9.17) is 4.74 Å². The van der Waals surface area contributed by atoms with Gasteiger partial charge in [-0.15, -0.1) is 0 Å². The van der Waals surface area contributed by atoms with Crippen LogP contribution in [0.5, 0.6) is 0 Å². The van der Waals surface area contributed by atoms with Crippen LogP contribution in [0.1, 0.15) is 42.3 Å². The lowest BCUT2D eigenvalue weighted by Gasteiger charge is -2.21. The first-order valence-corrected chi connectivity index (χ1v) is 8.64. The summed E-state index contributed by atoms with van der Waals surface area (Å²) < 4.78 is 42.9. The molecular formula is C18H22F3N3O4. The SMILES string of the molecule is CC(C)(C)OC(=O)NNC(=O)c1ccc2c(c1)CCN(C(=O)C(F)(F)F)CC2. The van der Waals surface area contributed by atoms with Gasteiger partial charge < -0.3 is 9.64 Å². The number of nitrogens with one attached hydrogen (secondary N) is 2. The summed E-state index contributed by atoms with van der Waals surface area (Å²) in [5.41, 5.74) is 5.30. The van der Waals surface area contributed by atoms with Crippen LogP contribution in [-0.2, 0) is 22.4 Å². The molecule has 2 N–H and O–H groups in total. The zero-order chi connectivity index (χ0) is 21.1. The number of carbonyl (C=O) groups is 3. The monoisotopic (exact) mass is 401 g/mol. The van der Waals surface area contributed by atoms with E-state index in [-0.39, 0.29) is 31.5 Å². The molecule has 0 atom stereocenters. The fourth-order valence-corrected chi connectivity index (χ4v) is 2.73. The average molecular weight is 401 g/mol. The number of benzene rings is 1. The van der Waals surface area contributed by atoms with E-state index >= 15 is 0 Å². The highest BCUT2D eigenvalue weighted by atomic mass is 19.4. The highest BCUT2D eigenvalue weighted by Crippen LogP contribution is 2.23. The van der Waals surface area contributed by atoms with E-state index in [0.717, 1.165) is 10.5 Å². The number of carbonyl (C=O) groups excluding carboxylic acids is 3. The molecule has 0 aliphatic carbocycles. The van der Waals surface area contributed by atoms with E-state index in [9.17, 15) is 27.6 Å². The van der Waals surface area contributed by atoms with Gasteiger partial charge in [0.05, 0.1) is 0 Å². The minimum atomic E-state index is -4.91. The molecule has 0 unspecified atom stereocenters. The van der Waals surface area contributed by atoms with Gasteiger partial charge in [-0.05, 0) is 56.9 Å². The molecule has 0 fully saturated rings. The van der Waals surface area contributed by atoms with Crippen molar-refractivity contribution in [1.29, 1.82) is 0 Å². The number of fused-ring (bicyclic) bond motifs is 1. The average Bonchev–Trinajstić information content (AvgIpc) is 2.78. The van der Waals surface area contributed by atoms with Crippen LogP contribution in [0.2, 0.25) is 0 Å². The van der Waals surface area contributed by atoms with Crippen molar-refractivity contribution in [3.8, 4) is 0 Å². The first-order valence-electron chi connectivity index (χ1n) is 8.64. The van der Waals surface area contributed by atoms with Gasteiger partial charge in [-0.25, -0.2) is 10.2 Å². The van der Waals surface area contributed by atoms with Gasteiger partial charge in [-0.2, -0.15) is 13.2 Å². The summed E-state index contributed by atoms with van der Waals surface area (Å²) in [7, 11) is 0. The van der Waals surface area contributed by atoms with E-state index in [1.54, 1.807) is 32.9 Å². The number of halogens is 3. The topological polar surface area (TPSA) is 87.7 Å². The maximum atomic E-state index is 12.6. The van der Waals surface area contributed by atoms with Crippen molar-refractivity contribution in [2.24, 2.45) is 0 Å². The molecule has 1 aromatic rings. The normalized spacial score (nSPS) is 14.6. The third kappa shape index (κ3) is 5.86. The predicted molar refractivity (Wildman–Crippen MR) is 93.3 cm³/mol. The number of rotatable bonds is 1. The zero-order valence-corrected chi connectivity index (χ0v) is 15.8. The highest BCUT2D eigenvalue weighted by Gasteiger charge is 2.42. The highest BCUT2D eigenvalue weighted by molar-refractivity contribution is 5.95. The Morgan fingerprint density at radius 3 is 2.18 bits per heavy atom. The summed E-state index contributed by atoms with van der Waals surface area (Å²) in [5.74, 6) is -2.46. The molecule has 10 heteroatoms. The van der Waals surface area contributed by atoms with Crippen LogP contribution in [0, 0.1) is 0 Å². The van der Waals surface area contributed by atoms with Crippen molar-refractivity contribution >= 4 is 17.9 Å². The number of amides is 3. The van der Waals surface area contributed by atoms with Gasteiger partial charge in [-0.3, -0.25) is 15.0 Å². The number of hydrazine groups is 1. The van der Waals surface area contributed by atoms with Gasteiger partial charge in [0.15, 0.2) is 0 Å². The van der Waals surface area contributed by atoms with Crippen LogP contribution < -0.4 is 10.9 Å². The van der Waals surface area contributed by atoms with E-state index < -0.39 is 29.7 Å². The molecule has 7 nitrogen and oxygen atoms in total. The maximum absolute atomic E-state index is 12.6. The van der Waals surface area contributed by atoms with Gasteiger partial charge in [0.2, 0.25) is 0 Å². The Morgan fingerprint density at radius 2 is 1.61 bits per heavy atom. The van der Waals surface area contributed by atoms with Crippen molar-refractivity contribution in [1.82, 2.24) is 15.8 Å². The lowest BCUT2D eigenvalue weighted by molar-refractivity contribution is -0.185. The van der Waals surface area contributed by atoms with Gasteiger partial charge in [-0.1, -0.05) is 6.07 Å². The smallest absolute Gasteiger partial charge is 0.443 e. The lowest BCUT2D eigenvalue weighted by Crippen LogP contribution is -2.44. The number of ether oxygens (including phenoxy) is 1. The van der Waals surface area contributed by atoms with Crippen LogP contribution in [0.25, 0.3) is 0 Å². The molecule has 3 amide bonds. The fourth-order valence-electron chi connectivity index (χ4n) is 2.73. The predicted octanol–water partition coefficient (Wildman–Crippen LogP) is 2.35. The Balaban J connectivity index is 2.01. The Hall–Kier alpha value is -2.78. The third-order valence-electron chi connectivity index (χ3n) is 3.98. The summed E-state index contributed by atoms with van der Waals surface area (Å²) in [4.78, 5) is 36.0. The summed E-state index contributed by atoms with van der Waals surface area (Å²) in [6.07, 6.45) is -5.28. The summed E-state index contributed by atoms with van der Waals surface area (Å²) in [6.45, 7) is 4.89. The minimum Gasteiger partial charge on any atom is -0.443 e. The van der Waals surface area contributed by atoms with E-state index in [0.29, 0.717) is 5.56 Å². The molecule has 0 spiro atoms. The molecule has 1 aromatic carbocycles. The molecule has 154 valence electrons. The number of nitrogens with zero attached hydrogens (tertiary/aromatic N) is 1. The van der Waals surface area contributed by atoms with Crippen molar-refractivity contribution in [3.05, 3.63) is 34.9 Å². The molecule has 0 radical (unpaired) electrons. The second-order valence-electron chi connectivity index (χ2n) is 7.35. The van der Waals surface area contributed by atoms with Gasteiger partial charge in [0.1, 0.15) is 5.60 Å². The van der Waals surface area contributed by atoms with Crippen molar-refractivity contribution in [2.45, 2.75) is 45.4 Å². The number of alkyl halides is 3. The Labute approximate surface area is 160 Å². The molecule has 2 rings (SSSR count). The van der Waals surface area contributed by atoms with Crippen molar-refractivity contribution in [2.75, 3.05) is 13.1 Å². The molecule has 28 heavy (non-hydrogen) atoms. The van der Waals surface area contributed by atoms with Crippen molar-refractivity contribution < 1.29 is 32.3 Å². The van der Waals surface area contributed by atoms with Gasteiger partial charge in [0, 0.05) is 18.7 Å². The van der Waals surface area contributed by atoms with E-state index in [2.05, 4.69) is 10.9 Å². The standard InChI is InChI=1S/C18H22F3N3O4/c1-17(2,3)28-16(27)23-22-14(25)13-5-4-11-6-8-24(9-7-12(11)10-13)15(26)18(19,20)21/h4-5,10H,6-9H2,1-3H3,(H,22,25)(H,23,27). The molecule has 1 heterocycles. The van der Waals surface area contributed by atoms with Crippen LogP contribution >= 0.6 is 0 Å². The summed E-state index contributed by atoms with van der Waals surface area (Å²) in [6, 6.07) is 4.69. The van der Waals surface area contributed by atoms with Crippen LogP contribution in [-0.4, -0.2) is 47.7 Å². The summed E-state index contributed by atoms with van der Waals surface area (Å²) >= 11 is 0. The Morgan fingerprint density at radius 1 is 1.00 bits per heavy atom. The molecule has 1 aliphatic heterocycles. The number of hydrogen-bond acceptors (Lipinski definition) is 4. The quantitative estimate of drug-likeness (QED) is 0.708. The van der Waals surface area contributed by atoms with Crippen LogP contribution in [0.15, 0.2) is 18.2 Å². The number of hydrogen-bond donors (Lipinski definition) is 2. The second kappa shape index (κ2) is 8.07. The summed E-state index contributed by atoms with van der Waals surface area (Å²) in [5, 5.41) is 0. The molecular weight excluding hydrogens is 379 g/mol. The first kappa shape index (κ1) is 21.5. The second-order valence-corrected chi connectivity index (χ2v) is 7.35. The lowest BCUT2D eigenvalue weighted by atomic mass is 10.00. The minimum absolute atomic E-state index is 0.0446. The van der Waals surface area contributed by atoms with Crippen LogP contribution in [0.4, 0.5) is 18.0 Å². The van der Waals surface area contributed by atoms with E-state index in [1.165, 1.54) is 6.07 Å². The molecule has 0 bridgehead atoms. The largest absolute Gasteiger partial charge is 0.471 e. The first-order chi connectivity index (χ1) is 12.9. The maximum Gasteiger partial charge on any atom is 0.471 e. The van der Waals surface area contributed by atoms with Gasteiger partial charge in [0.25, 0.3) is 5.91 Å². The zero-order valence-electron chi connectivity index (χ0n) is 15.8. The fraction of sp³-hybridized carbons (Fsp3) is 0.500. The Bertz CT molecular complexity index is 772. The third-order valence-corrected chi connectivity index (χ3v) is 3.98. The molecule has 1 aliphatic rings. The van der Waals surface area contributed by atoms with E-state index in [1.807, 2.05) is 0 Å².